The maximum absolute atomic E-state index is 12.7. The fourth-order valence-corrected chi connectivity index (χ4v) is 3.18. The summed E-state index contributed by atoms with van der Waals surface area (Å²) < 4.78 is 0. The highest BCUT2D eigenvalue weighted by atomic mass is 16.2. The van der Waals surface area contributed by atoms with Gasteiger partial charge in [-0.1, -0.05) is 12.1 Å². The van der Waals surface area contributed by atoms with Crippen molar-refractivity contribution in [3.05, 3.63) is 65.5 Å². The normalized spacial score (nSPS) is 20.3. The minimum atomic E-state index is -0.718. The monoisotopic (exact) mass is 319 g/mol. The number of rotatable bonds is 4. The molecule has 24 heavy (non-hydrogen) atoms. The number of amides is 2. The smallest absolute Gasteiger partial charge is 0.237 e. The van der Waals surface area contributed by atoms with Crippen molar-refractivity contribution >= 4 is 11.8 Å². The van der Waals surface area contributed by atoms with E-state index in [2.05, 4.69) is 16.4 Å². The predicted octanol–water partition coefficient (Wildman–Crippen LogP) is 2.26. The topological polar surface area (TPSA) is 82.8 Å². The molecule has 1 aliphatic heterocycles. The molecule has 120 valence electrons. The van der Waals surface area contributed by atoms with Gasteiger partial charge in [-0.05, 0) is 54.7 Å². The van der Waals surface area contributed by atoms with E-state index in [4.69, 9.17) is 5.26 Å². The van der Waals surface area contributed by atoms with Crippen LogP contribution >= 0.6 is 0 Å². The zero-order valence-corrected chi connectivity index (χ0v) is 13.2. The molecule has 2 heterocycles. The highest BCUT2D eigenvalue weighted by molar-refractivity contribution is 6.03. The molecule has 2 aromatic rings. The van der Waals surface area contributed by atoms with E-state index in [1.165, 1.54) is 0 Å². The van der Waals surface area contributed by atoms with Crippen LogP contribution in [0.5, 0.6) is 0 Å². The molecule has 5 nitrogen and oxygen atoms in total. The first-order chi connectivity index (χ1) is 11.6. The van der Waals surface area contributed by atoms with E-state index in [-0.39, 0.29) is 11.8 Å². The largest absolute Gasteiger partial charge is 0.296 e. The van der Waals surface area contributed by atoms with Crippen molar-refractivity contribution in [1.82, 2.24) is 10.3 Å². The van der Waals surface area contributed by atoms with Crippen LogP contribution < -0.4 is 5.32 Å². The molecule has 1 aromatic carbocycles. The SMILES string of the molecule is N#Cc1ccc(CCC2(c3ccncc3)CCC(=O)NC2=O)cc1. The number of nitrogens with one attached hydrogen (secondary N) is 1. The summed E-state index contributed by atoms with van der Waals surface area (Å²) in [5.41, 5.74) is 1.84. The summed E-state index contributed by atoms with van der Waals surface area (Å²) in [4.78, 5) is 28.2. The zero-order valence-electron chi connectivity index (χ0n) is 13.2. The molecule has 1 aliphatic rings. The number of nitrogens with zero attached hydrogens (tertiary/aromatic N) is 2. The van der Waals surface area contributed by atoms with Crippen LogP contribution in [0.4, 0.5) is 0 Å². The van der Waals surface area contributed by atoms with Gasteiger partial charge in [0.25, 0.3) is 0 Å². The lowest BCUT2D eigenvalue weighted by atomic mass is 9.70. The third-order valence-corrected chi connectivity index (χ3v) is 4.62. The minimum absolute atomic E-state index is 0.219. The van der Waals surface area contributed by atoms with Gasteiger partial charge in [-0.15, -0.1) is 0 Å². The van der Waals surface area contributed by atoms with Gasteiger partial charge < -0.3 is 0 Å². The third kappa shape index (κ3) is 3.04. The Morgan fingerprint density at radius 1 is 1.12 bits per heavy atom. The van der Waals surface area contributed by atoms with Gasteiger partial charge in [0.2, 0.25) is 11.8 Å². The average Bonchev–Trinajstić information content (AvgIpc) is 2.63. The molecule has 1 atom stereocenters. The molecule has 1 N–H and O–H groups in total. The summed E-state index contributed by atoms with van der Waals surface area (Å²) in [7, 11) is 0. The Bertz CT molecular complexity index is 794. The Morgan fingerprint density at radius 3 is 2.46 bits per heavy atom. The van der Waals surface area contributed by atoms with Crippen LogP contribution in [-0.4, -0.2) is 16.8 Å². The lowest BCUT2D eigenvalue weighted by Gasteiger charge is -2.36. The van der Waals surface area contributed by atoms with E-state index in [0.717, 1.165) is 11.1 Å². The van der Waals surface area contributed by atoms with Crippen molar-refractivity contribution in [3.8, 4) is 6.07 Å². The van der Waals surface area contributed by atoms with E-state index in [1.54, 1.807) is 24.5 Å². The van der Waals surface area contributed by atoms with Crippen molar-refractivity contribution in [2.24, 2.45) is 0 Å². The standard InChI is InChI=1S/C19H17N3O2/c20-13-15-3-1-14(2-4-15)5-9-19(16-7-11-21-12-8-16)10-6-17(23)22-18(19)24/h1-4,7-8,11-12H,5-6,9-10H2,(H,22,23,24). The van der Waals surface area contributed by atoms with E-state index in [0.29, 0.717) is 31.2 Å². The van der Waals surface area contributed by atoms with Gasteiger partial charge in [0.05, 0.1) is 17.0 Å². The Morgan fingerprint density at radius 2 is 1.83 bits per heavy atom. The summed E-state index contributed by atoms with van der Waals surface area (Å²) in [6.45, 7) is 0. The number of nitriles is 1. The molecular weight excluding hydrogens is 302 g/mol. The Hall–Kier alpha value is -3.00. The van der Waals surface area contributed by atoms with Crippen LogP contribution in [0.1, 0.15) is 36.0 Å². The fourth-order valence-electron chi connectivity index (χ4n) is 3.18. The summed E-state index contributed by atoms with van der Waals surface area (Å²) in [6, 6.07) is 13.1. The number of imide groups is 1. The van der Waals surface area contributed by atoms with Gasteiger partial charge >= 0.3 is 0 Å². The van der Waals surface area contributed by atoms with Crippen LogP contribution in [0.15, 0.2) is 48.8 Å². The van der Waals surface area contributed by atoms with Gasteiger partial charge in [0, 0.05) is 18.8 Å². The maximum Gasteiger partial charge on any atom is 0.237 e. The quantitative estimate of drug-likeness (QED) is 0.876. The van der Waals surface area contributed by atoms with Gasteiger partial charge in [-0.3, -0.25) is 19.9 Å². The van der Waals surface area contributed by atoms with E-state index >= 15 is 0 Å². The first-order valence-corrected chi connectivity index (χ1v) is 7.88. The Kier molecular flexibility index (Phi) is 4.39. The van der Waals surface area contributed by atoms with Crippen LogP contribution in [0.3, 0.4) is 0 Å². The number of piperidine rings is 1. The number of hydrogen-bond donors (Lipinski definition) is 1. The second-order valence-corrected chi connectivity index (χ2v) is 6.00. The molecule has 0 spiro atoms. The molecule has 5 heteroatoms. The van der Waals surface area contributed by atoms with E-state index in [1.807, 2.05) is 24.3 Å². The lowest BCUT2D eigenvalue weighted by molar-refractivity contribution is -0.138. The van der Waals surface area contributed by atoms with Gasteiger partial charge in [0.1, 0.15) is 0 Å². The second kappa shape index (κ2) is 6.63. The molecule has 0 saturated carbocycles. The number of pyridine rings is 1. The van der Waals surface area contributed by atoms with Crippen LogP contribution in [0, 0.1) is 11.3 Å². The molecule has 3 rings (SSSR count). The lowest BCUT2D eigenvalue weighted by Crippen LogP contribution is -2.51. The van der Waals surface area contributed by atoms with Crippen LogP contribution in [0.25, 0.3) is 0 Å². The summed E-state index contributed by atoms with van der Waals surface area (Å²) in [6.07, 6.45) is 5.46. The minimum Gasteiger partial charge on any atom is -0.296 e. The van der Waals surface area contributed by atoms with Gasteiger partial charge in [-0.2, -0.15) is 5.26 Å². The molecular formula is C19H17N3O2. The number of carbonyl (C=O) groups excluding carboxylic acids is 2. The third-order valence-electron chi connectivity index (χ3n) is 4.62. The fraction of sp³-hybridized carbons (Fsp3) is 0.263. The number of aromatic nitrogens is 1. The maximum atomic E-state index is 12.7. The molecule has 0 radical (unpaired) electrons. The van der Waals surface area contributed by atoms with Crippen molar-refractivity contribution in [2.45, 2.75) is 31.1 Å². The van der Waals surface area contributed by atoms with E-state index < -0.39 is 5.41 Å². The highest BCUT2D eigenvalue weighted by Gasteiger charge is 2.43. The molecule has 0 bridgehead atoms. The summed E-state index contributed by atoms with van der Waals surface area (Å²) in [5.74, 6) is -0.457. The first-order valence-electron chi connectivity index (χ1n) is 7.88. The number of aryl methyl sites for hydroxylation is 1. The highest BCUT2D eigenvalue weighted by Crippen LogP contribution is 2.36. The van der Waals surface area contributed by atoms with Crippen molar-refractivity contribution < 1.29 is 9.59 Å². The second-order valence-electron chi connectivity index (χ2n) is 6.00. The first kappa shape index (κ1) is 15.9. The molecule has 1 aromatic heterocycles. The number of benzene rings is 1. The Balaban J connectivity index is 1.87. The summed E-state index contributed by atoms with van der Waals surface area (Å²) in [5, 5.41) is 11.4. The number of carbonyl (C=O) groups is 2. The van der Waals surface area contributed by atoms with Crippen LogP contribution in [-0.2, 0) is 21.4 Å². The van der Waals surface area contributed by atoms with Crippen molar-refractivity contribution in [1.29, 1.82) is 5.26 Å². The van der Waals surface area contributed by atoms with Crippen molar-refractivity contribution in [3.63, 3.8) is 0 Å². The molecule has 0 aliphatic carbocycles. The molecule has 1 saturated heterocycles. The number of hydrogen-bond acceptors (Lipinski definition) is 4. The molecule has 2 amide bonds. The van der Waals surface area contributed by atoms with Crippen LogP contribution in [0.2, 0.25) is 0 Å². The van der Waals surface area contributed by atoms with Crippen molar-refractivity contribution in [2.75, 3.05) is 0 Å². The average molecular weight is 319 g/mol. The molecule has 1 fully saturated rings. The summed E-state index contributed by atoms with van der Waals surface area (Å²) >= 11 is 0. The molecule has 1 unspecified atom stereocenters. The zero-order chi connectivity index (χ0) is 17.0. The van der Waals surface area contributed by atoms with E-state index in [9.17, 15) is 9.59 Å². The van der Waals surface area contributed by atoms with Gasteiger partial charge in [0.15, 0.2) is 0 Å². The van der Waals surface area contributed by atoms with Gasteiger partial charge in [-0.25, -0.2) is 0 Å². The predicted molar refractivity (Wildman–Crippen MR) is 87.8 cm³/mol. The Labute approximate surface area is 140 Å².